The number of nitrogens with one attached hydrogen (secondary N) is 2. The van der Waals surface area contributed by atoms with E-state index in [1.165, 1.54) is 37.4 Å². The van der Waals surface area contributed by atoms with Crippen LogP contribution in [0.2, 0.25) is 0 Å². The van der Waals surface area contributed by atoms with Gasteiger partial charge in [0.25, 0.3) is 10.0 Å². The molecule has 0 aliphatic carbocycles. The molecule has 0 spiro atoms. The number of nitrogens with zero attached hydrogens (tertiary/aromatic N) is 2. The molecule has 2 amide bonds. The first-order chi connectivity index (χ1) is 13.3. The molecule has 1 heterocycles. The van der Waals surface area contributed by atoms with Crippen molar-refractivity contribution < 1.29 is 27.5 Å². The van der Waals surface area contributed by atoms with Crippen molar-refractivity contribution in [1.29, 1.82) is 0 Å². The number of anilines is 1. The number of ether oxygens (including phenoxy) is 2. The van der Waals surface area contributed by atoms with Gasteiger partial charge in [0.2, 0.25) is 11.8 Å². The Kier molecular flexibility index (Phi) is 7.71. The maximum absolute atomic E-state index is 12.6. The Bertz CT molecular complexity index is 986. The highest BCUT2D eigenvalue weighted by Gasteiger charge is 2.25. The smallest absolute Gasteiger partial charge is 0.339 e. The van der Waals surface area contributed by atoms with Crippen LogP contribution in [0.15, 0.2) is 39.8 Å². The minimum atomic E-state index is -4.38. The quantitative estimate of drug-likeness (QED) is 0.312. The molecule has 2 aromatic rings. The zero-order valence-corrected chi connectivity index (χ0v) is 18.3. The van der Waals surface area contributed by atoms with Gasteiger partial charge in [-0.2, -0.15) is 4.98 Å². The zero-order valence-electron chi connectivity index (χ0n) is 14.3. The van der Waals surface area contributed by atoms with Crippen LogP contribution in [0.3, 0.4) is 0 Å². The molecule has 0 saturated heterocycles. The summed E-state index contributed by atoms with van der Waals surface area (Å²) in [6.45, 7) is 0.0587. The van der Waals surface area contributed by atoms with Crippen LogP contribution >= 0.6 is 31.9 Å². The normalized spacial score (nSPS) is 10.8. The summed E-state index contributed by atoms with van der Waals surface area (Å²) in [4.78, 5) is 31.5. The third-order valence-corrected chi connectivity index (χ3v) is 5.16. The number of hydrogen-bond donors (Lipinski definition) is 2. The Morgan fingerprint density at radius 1 is 1.21 bits per heavy atom. The standard InChI is InChI=1S/C15H14Br2N4O6S/c1-26-12-8-11(17)18-14(19-12)20-15(23)21-28(24,25)10-5-3-2-4-9(10)13(22)27-7-6-16/h2-5,8H,6-7H2,1H3,(H2,18,19,20,21,23). The molecule has 0 aliphatic heterocycles. The van der Waals surface area contributed by atoms with Crippen molar-refractivity contribution >= 4 is 59.8 Å². The number of urea groups is 1. The number of methoxy groups -OCH3 is 1. The fraction of sp³-hybridized carbons (Fsp3) is 0.200. The summed E-state index contributed by atoms with van der Waals surface area (Å²) in [5.74, 6) is -0.871. The molecule has 0 radical (unpaired) electrons. The second-order valence-electron chi connectivity index (χ2n) is 4.94. The molecule has 0 bridgehead atoms. The third kappa shape index (κ3) is 5.87. The van der Waals surface area contributed by atoms with Crippen molar-refractivity contribution in [2.45, 2.75) is 4.90 Å². The summed E-state index contributed by atoms with van der Waals surface area (Å²) in [5, 5.41) is 2.58. The molecule has 2 N–H and O–H groups in total. The van der Waals surface area contributed by atoms with Gasteiger partial charge < -0.3 is 9.47 Å². The number of carbonyl (C=O) groups is 2. The maximum atomic E-state index is 12.6. The van der Waals surface area contributed by atoms with E-state index in [9.17, 15) is 18.0 Å². The van der Waals surface area contributed by atoms with Crippen molar-refractivity contribution in [3.8, 4) is 5.88 Å². The SMILES string of the molecule is COc1cc(Br)nc(NC(=O)NS(=O)(=O)c2ccccc2C(=O)OCCBr)n1. The van der Waals surface area contributed by atoms with E-state index in [1.807, 2.05) is 0 Å². The van der Waals surface area contributed by atoms with E-state index in [1.54, 1.807) is 4.72 Å². The number of halogens is 2. The van der Waals surface area contributed by atoms with Crippen LogP contribution in [-0.2, 0) is 14.8 Å². The average Bonchev–Trinajstić information content (AvgIpc) is 2.65. The van der Waals surface area contributed by atoms with Gasteiger partial charge in [-0.25, -0.2) is 27.7 Å². The van der Waals surface area contributed by atoms with Crippen LogP contribution in [0.5, 0.6) is 5.88 Å². The highest BCUT2D eigenvalue weighted by molar-refractivity contribution is 9.10. The highest BCUT2D eigenvalue weighted by atomic mass is 79.9. The fourth-order valence-corrected chi connectivity index (χ4v) is 3.57. The topological polar surface area (TPSA) is 137 Å². The minimum Gasteiger partial charge on any atom is -0.481 e. The van der Waals surface area contributed by atoms with Crippen molar-refractivity contribution in [2.24, 2.45) is 0 Å². The van der Waals surface area contributed by atoms with Gasteiger partial charge in [0.1, 0.15) is 16.1 Å². The Labute approximate surface area is 177 Å². The molecule has 1 aromatic heterocycles. The van der Waals surface area contributed by atoms with Gasteiger partial charge in [0, 0.05) is 11.4 Å². The molecule has 28 heavy (non-hydrogen) atoms. The van der Waals surface area contributed by atoms with Gasteiger partial charge in [0.05, 0.1) is 12.7 Å². The second-order valence-corrected chi connectivity index (χ2v) is 8.19. The van der Waals surface area contributed by atoms with Crippen LogP contribution < -0.4 is 14.8 Å². The van der Waals surface area contributed by atoms with Gasteiger partial charge in [-0.1, -0.05) is 28.1 Å². The molecular weight excluding hydrogens is 524 g/mol. The fourth-order valence-electron chi connectivity index (χ4n) is 1.94. The number of benzene rings is 1. The predicted octanol–water partition coefficient (Wildman–Crippen LogP) is 2.31. The number of hydrogen-bond acceptors (Lipinski definition) is 8. The van der Waals surface area contributed by atoms with E-state index < -0.39 is 26.9 Å². The molecule has 0 fully saturated rings. The van der Waals surface area contributed by atoms with E-state index >= 15 is 0 Å². The average molecular weight is 538 g/mol. The number of alkyl halides is 1. The lowest BCUT2D eigenvalue weighted by Crippen LogP contribution is -2.35. The van der Waals surface area contributed by atoms with E-state index in [4.69, 9.17) is 9.47 Å². The summed E-state index contributed by atoms with van der Waals surface area (Å²) in [5.41, 5.74) is -0.205. The highest BCUT2D eigenvalue weighted by Crippen LogP contribution is 2.18. The number of carbonyl (C=O) groups excluding carboxylic acids is 2. The lowest BCUT2D eigenvalue weighted by atomic mass is 10.2. The molecule has 0 unspecified atom stereocenters. The van der Waals surface area contributed by atoms with Crippen LogP contribution in [0, 0.1) is 0 Å². The molecule has 0 atom stereocenters. The van der Waals surface area contributed by atoms with Gasteiger partial charge in [-0.3, -0.25) is 5.32 Å². The lowest BCUT2D eigenvalue weighted by Gasteiger charge is -2.11. The number of aromatic nitrogens is 2. The van der Waals surface area contributed by atoms with Crippen LogP contribution in [-0.4, -0.2) is 49.4 Å². The van der Waals surface area contributed by atoms with E-state index in [0.717, 1.165) is 0 Å². The molecule has 150 valence electrons. The minimum absolute atomic E-state index is 0.0587. The summed E-state index contributed by atoms with van der Waals surface area (Å²) in [7, 11) is -3.01. The van der Waals surface area contributed by atoms with Crippen molar-refractivity contribution in [2.75, 3.05) is 24.4 Å². The van der Waals surface area contributed by atoms with Gasteiger partial charge in [-0.15, -0.1) is 0 Å². The van der Waals surface area contributed by atoms with E-state index in [2.05, 4.69) is 47.1 Å². The Hall–Kier alpha value is -2.25. The summed E-state index contributed by atoms with van der Waals surface area (Å²) in [6, 6.07) is 5.68. The Morgan fingerprint density at radius 2 is 1.93 bits per heavy atom. The molecule has 13 heteroatoms. The molecule has 0 saturated carbocycles. The zero-order chi connectivity index (χ0) is 20.7. The molecular formula is C15H14Br2N4O6S. The molecule has 10 nitrogen and oxygen atoms in total. The Morgan fingerprint density at radius 3 is 2.61 bits per heavy atom. The monoisotopic (exact) mass is 536 g/mol. The summed E-state index contributed by atoms with van der Waals surface area (Å²) >= 11 is 6.22. The number of sulfonamides is 1. The molecule has 1 aromatic carbocycles. The van der Waals surface area contributed by atoms with E-state index in [0.29, 0.717) is 9.93 Å². The van der Waals surface area contributed by atoms with Crippen LogP contribution in [0.4, 0.5) is 10.7 Å². The van der Waals surface area contributed by atoms with Crippen molar-refractivity contribution in [3.63, 3.8) is 0 Å². The van der Waals surface area contributed by atoms with Crippen LogP contribution in [0.25, 0.3) is 0 Å². The van der Waals surface area contributed by atoms with Gasteiger partial charge in [0.15, 0.2) is 0 Å². The number of esters is 1. The van der Waals surface area contributed by atoms with Crippen molar-refractivity contribution in [1.82, 2.24) is 14.7 Å². The molecule has 2 rings (SSSR count). The van der Waals surface area contributed by atoms with Gasteiger partial charge in [-0.05, 0) is 28.1 Å². The van der Waals surface area contributed by atoms with Gasteiger partial charge >= 0.3 is 12.0 Å². The predicted molar refractivity (Wildman–Crippen MR) is 106 cm³/mol. The van der Waals surface area contributed by atoms with Crippen molar-refractivity contribution in [3.05, 3.63) is 40.5 Å². The largest absolute Gasteiger partial charge is 0.481 e. The first-order valence-corrected chi connectivity index (χ1v) is 10.9. The Balaban J connectivity index is 2.21. The summed E-state index contributed by atoms with van der Waals surface area (Å²) in [6.07, 6.45) is 0. The number of rotatable bonds is 7. The van der Waals surface area contributed by atoms with E-state index in [-0.39, 0.29) is 24.0 Å². The number of amides is 2. The van der Waals surface area contributed by atoms with Crippen LogP contribution in [0.1, 0.15) is 10.4 Å². The third-order valence-electron chi connectivity index (χ3n) is 3.04. The maximum Gasteiger partial charge on any atom is 0.339 e. The molecule has 0 aliphatic rings. The lowest BCUT2D eigenvalue weighted by molar-refractivity contribution is 0.0526. The summed E-state index contributed by atoms with van der Waals surface area (Å²) < 4.78 is 37.1. The first kappa shape index (κ1) is 22.0. The first-order valence-electron chi connectivity index (χ1n) is 7.51. The second kappa shape index (κ2) is 9.80.